The Balaban J connectivity index is 1.53. The van der Waals surface area contributed by atoms with Crippen LogP contribution in [0.4, 0.5) is 15.6 Å². The molecule has 2 heterocycles. The number of nitrogens with one attached hydrogen (secondary N) is 3. The van der Waals surface area contributed by atoms with Gasteiger partial charge in [0.15, 0.2) is 10.9 Å². The number of methoxy groups -OCH3 is 1. The summed E-state index contributed by atoms with van der Waals surface area (Å²) >= 11 is 2.52. The zero-order valence-electron chi connectivity index (χ0n) is 20.3. The molecular formula is C24H27N5O5S3. The average molecular weight is 562 g/mol. The molecule has 2 aromatic heterocycles. The summed E-state index contributed by atoms with van der Waals surface area (Å²) in [6.45, 7) is -0.0354. The summed E-state index contributed by atoms with van der Waals surface area (Å²) in [4.78, 5) is 34.8. The lowest BCUT2D eigenvalue weighted by Crippen LogP contribution is -2.23. The number of pyridine rings is 1. The first-order chi connectivity index (χ1) is 17.7. The van der Waals surface area contributed by atoms with E-state index >= 15 is 0 Å². The third-order valence-electron chi connectivity index (χ3n) is 5.69. The van der Waals surface area contributed by atoms with E-state index in [2.05, 4.69) is 25.3 Å². The van der Waals surface area contributed by atoms with Crippen molar-refractivity contribution in [3.63, 3.8) is 0 Å². The van der Waals surface area contributed by atoms with Gasteiger partial charge in [0, 0.05) is 17.7 Å². The summed E-state index contributed by atoms with van der Waals surface area (Å²) in [5, 5.41) is 6.44. The van der Waals surface area contributed by atoms with Gasteiger partial charge in [-0.15, -0.1) is 0 Å². The van der Waals surface area contributed by atoms with Gasteiger partial charge in [-0.3, -0.25) is 10.1 Å². The molecule has 1 fully saturated rings. The van der Waals surface area contributed by atoms with Gasteiger partial charge in [0.1, 0.15) is 10.8 Å². The van der Waals surface area contributed by atoms with Crippen molar-refractivity contribution in [3.05, 3.63) is 53.9 Å². The van der Waals surface area contributed by atoms with Crippen molar-refractivity contribution in [3.8, 4) is 5.75 Å². The summed E-state index contributed by atoms with van der Waals surface area (Å²) in [5.74, 6) is 0.460. The predicted molar refractivity (Wildman–Crippen MR) is 144 cm³/mol. The number of sulfonamides is 1. The van der Waals surface area contributed by atoms with Crippen LogP contribution in [-0.4, -0.2) is 43.6 Å². The van der Waals surface area contributed by atoms with E-state index in [9.17, 15) is 18.0 Å². The molecule has 196 valence electrons. The van der Waals surface area contributed by atoms with Crippen LogP contribution < -0.4 is 20.1 Å². The Kier molecular flexibility index (Phi) is 8.79. The zero-order chi connectivity index (χ0) is 26.4. The van der Waals surface area contributed by atoms with Crippen molar-refractivity contribution in [1.82, 2.24) is 14.7 Å². The number of amides is 2. The molecule has 0 aliphatic heterocycles. The molecule has 1 aliphatic rings. The van der Waals surface area contributed by atoms with E-state index in [-0.39, 0.29) is 23.4 Å². The molecule has 37 heavy (non-hydrogen) atoms. The van der Waals surface area contributed by atoms with Gasteiger partial charge in [0.2, 0.25) is 10.0 Å². The minimum atomic E-state index is -3.44. The molecule has 3 N–H and O–H groups in total. The molecule has 0 bridgehead atoms. The molecule has 1 saturated carbocycles. The Bertz CT molecular complexity index is 1370. The second-order valence-corrected chi connectivity index (χ2v) is 12.6. The molecular weight excluding hydrogens is 534 g/mol. The number of nitrogens with zero attached hydrogens (tertiary/aromatic N) is 2. The number of carbonyl (C=O) groups is 2. The largest absolute Gasteiger partial charge is 0.497 e. The number of Topliss-reactive ketones (excluding diaryl/α,β-unsaturated/α-hetero) is 1. The second-order valence-electron chi connectivity index (χ2n) is 8.45. The Hall–Kier alpha value is -3.00. The summed E-state index contributed by atoms with van der Waals surface area (Å²) in [6.07, 6.45) is 6.43. The number of aromatic nitrogens is 2. The van der Waals surface area contributed by atoms with Crippen molar-refractivity contribution < 1.29 is 22.7 Å². The predicted octanol–water partition coefficient (Wildman–Crippen LogP) is 4.76. The molecule has 10 nitrogen and oxygen atoms in total. The quantitative estimate of drug-likeness (QED) is 0.301. The Morgan fingerprint density at radius 3 is 2.62 bits per heavy atom. The van der Waals surface area contributed by atoms with Crippen LogP contribution in [0.2, 0.25) is 0 Å². The average Bonchev–Trinajstić information content (AvgIpc) is 3.53. The topological polar surface area (TPSA) is 139 Å². The third-order valence-corrected chi connectivity index (χ3v) is 8.53. The van der Waals surface area contributed by atoms with E-state index in [4.69, 9.17) is 4.74 Å². The van der Waals surface area contributed by atoms with Gasteiger partial charge in [-0.2, -0.15) is 0 Å². The second kappa shape index (κ2) is 12.0. The maximum absolute atomic E-state index is 13.1. The molecule has 0 atom stereocenters. The normalized spacial score (nSPS) is 13.9. The minimum absolute atomic E-state index is 0.0101. The van der Waals surface area contributed by atoms with Gasteiger partial charge in [0.05, 0.1) is 35.5 Å². The summed E-state index contributed by atoms with van der Waals surface area (Å²) < 4.78 is 31.6. The van der Waals surface area contributed by atoms with Crippen LogP contribution in [-0.2, 0) is 16.6 Å². The lowest BCUT2D eigenvalue weighted by Gasteiger charge is -2.15. The molecule has 0 spiro atoms. The van der Waals surface area contributed by atoms with Crippen molar-refractivity contribution in [2.45, 2.75) is 41.5 Å². The summed E-state index contributed by atoms with van der Waals surface area (Å²) in [6, 6.07) is 9.87. The Labute approximate surface area is 223 Å². The van der Waals surface area contributed by atoms with E-state index in [1.165, 1.54) is 30.2 Å². The van der Waals surface area contributed by atoms with Crippen LogP contribution in [0.1, 0.15) is 41.7 Å². The number of hydrogen-bond acceptors (Lipinski definition) is 9. The lowest BCUT2D eigenvalue weighted by molar-refractivity contribution is 0.0923. The van der Waals surface area contributed by atoms with E-state index in [0.717, 1.165) is 31.9 Å². The number of ether oxygens (including phenoxy) is 1. The molecule has 0 radical (unpaired) electrons. The van der Waals surface area contributed by atoms with Crippen molar-refractivity contribution in [2.75, 3.05) is 24.0 Å². The molecule has 2 amide bonds. The van der Waals surface area contributed by atoms with E-state index in [1.807, 2.05) is 12.1 Å². The number of rotatable bonds is 10. The van der Waals surface area contributed by atoms with Crippen LogP contribution in [0.15, 0.2) is 51.8 Å². The van der Waals surface area contributed by atoms with Gasteiger partial charge >= 0.3 is 6.03 Å². The fourth-order valence-corrected chi connectivity index (χ4v) is 6.36. The monoisotopic (exact) mass is 561 g/mol. The van der Waals surface area contributed by atoms with Crippen LogP contribution >= 0.6 is 23.1 Å². The van der Waals surface area contributed by atoms with Crippen LogP contribution in [0.25, 0.3) is 0 Å². The SMILES string of the molecule is COc1ccc(NC(=O)Nc2nc(CNS(C)(=O)=O)c(Sc3ccccn3)s2)c(C(=O)C2CCCC2)c1. The molecule has 13 heteroatoms. The number of anilines is 2. The third kappa shape index (κ3) is 7.51. The molecule has 1 aliphatic carbocycles. The highest BCUT2D eigenvalue weighted by molar-refractivity contribution is 8.01. The highest BCUT2D eigenvalue weighted by Gasteiger charge is 2.27. The summed E-state index contributed by atoms with van der Waals surface area (Å²) in [7, 11) is -1.92. The number of hydrogen-bond donors (Lipinski definition) is 3. The minimum Gasteiger partial charge on any atom is -0.497 e. The first-order valence-electron chi connectivity index (χ1n) is 11.6. The fourth-order valence-electron chi connectivity index (χ4n) is 3.91. The van der Waals surface area contributed by atoms with E-state index in [0.29, 0.717) is 31.9 Å². The van der Waals surface area contributed by atoms with Crippen molar-refractivity contribution >= 4 is 55.8 Å². The van der Waals surface area contributed by atoms with E-state index < -0.39 is 16.1 Å². The number of benzene rings is 1. The molecule has 0 saturated heterocycles. The van der Waals surface area contributed by atoms with Gasteiger partial charge in [0.25, 0.3) is 0 Å². The van der Waals surface area contributed by atoms with Crippen molar-refractivity contribution in [1.29, 1.82) is 0 Å². The highest BCUT2D eigenvalue weighted by Crippen LogP contribution is 2.37. The molecule has 1 aromatic carbocycles. The summed E-state index contributed by atoms with van der Waals surface area (Å²) in [5.41, 5.74) is 1.25. The van der Waals surface area contributed by atoms with Crippen LogP contribution in [0.5, 0.6) is 5.75 Å². The molecule has 3 aromatic rings. The maximum atomic E-state index is 13.1. The number of ketones is 1. The Morgan fingerprint density at radius 2 is 1.95 bits per heavy atom. The maximum Gasteiger partial charge on any atom is 0.325 e. The first-order valence-corrected chi connectivity index (χ1v) is 15.1. The van der Waals surface area contributed by atoms with Gasteiger partial charge < -0.3 is 10.1 Å². The van der Waals surface area contributed by atoms with Gasteiger partial charge in [-0.1, -0.05) is 42.0 Å². The zero-order valence-corrected chi connectivity index (χ0v) is 22.8. The fraction of sp³-hybridized carbons (Fsp3) is 0.333. The molecule has 0 unspecified atom stereocenters. The smallest absolute Gasteiger partial charge is 0.325 e. The standard InChI is InChI=1S/C24H27N5O5S3/c1-34-16-10-11-18(17(13-16)21(30)15-7-3-4-8-15)27-23(31)29-24-28-19(14-26-37(2,32)33)22(36-24)35-20-9-5-6-12-25-20/h5-6,9-13,15,26H,3-4,7-8,14H2,1-2H3,(H2,27,28,29,31). The van der Waals surface area contributed by atoms with Crippen molar-refractivity contribution in [2.24, 2.45) is 5.92 Å². The highest BCUT2D eigenvalue weighted by atomic mass is 32.2. The number of carbonyl (C=O) groups excluding carboxylic acids is 2. The first kappa shape index (κ1) is 27.0. The number of urea groups is 1. The Morgan fingerprint density at radius 1 is 1.16 bits per heavy atom. The van der Waals surface area contributed by atoms with E-state index in [1.54, 1.807) is 30.5 Å². The van der Waals surface area contributed by atoms with Crippen LogP contribution in [0, 0.1) is 5.92 Å². The number of thiazole rings is 1. The van der Waals surface area contributed by atoms with Gasteiger partial charge in [-0.05, 0) is 43.2 Å². The molecule has 4 rings (SSSR count). The lowest BCUT2D eigenvalue weighted by atomic mass is 9.95. The van der Waals surface area contributed by atoms with Crippen LogP contribution in [0.3, 0.4) is 0 Å². The van der Waals surface area contributed by atoms with Gasteiger partial charge in [-0.25, -0.2) is 27.9 Å².